The van der Waals surface area contributed by atoms with Crippen LogP contribution in [0.2, 0.25) is 10.0 Å². The maximum Gasteiger partial charge on any atom is 0.231 e. The average molecular weight is 324 g/mol. The van der Waals surface area contributed by atoms with Crippen molar-refractivity contribution < 1.29 is 9.47 Å². The third-order valence-electron chi connectivity index (χ3n) is 2.93. The van der Waals surface area contributed by atoms with Gasteiger partial charge in [0.05, 0.1) is 15.8 Å². The third-order valence-corrected chi connectivity index (χ3v) is 3.42. The number of nitrogens with zero attached hydrogens (tertiary/aromatic N) is 2. The molecule has 1 aliphatic rings. The van der Waals surface area contributed by atoms with Crippen LogP contribution >= 0.6 is 23.2 Å². The lowest BCUT2D eigenvalue weighted by molar-refractivity contribution is 0.174. The van der Waals surface area contributed by atoms with Gasteiger partial charge in [0, 0.05) is 11.8 Å². The number of hydrogen-bond donors (Lipinski definition) is 1. The van der Waals surface area contributed by atoms with Gasteiger partial charge in [-0.25, -0.2) is 4.98 Å². The molecule has 108 valence electrons. The fraction of sp³-hybridized carbons (Fsp3) is 0.143. The molecule has 2 heterocycles. The summed E-state index contributed by atoms with van der Waals surface area (Å²) in [6.45, 7) is 2.12. The van der Waals surface area contributed by atoms with Gasteiger partial charge in [-0.1, -0.05) is 23.2 Å². The average Bonchev–Trinajstić information content (AvgIpc) is 2.93. The first-order chi connectivity index (χ1) is 10.1. The van der Waals surface area contributed by atoms with E-state index in [9.17, 15) is 0 Å². The summed E-state index contributed by atoms with van der Waals surface area (Å²) in [4.78, 5) is 4.07. The SMILES string of the molecule is C/C(=N/Nc1ncc(Cl)cc1Cl)c1ccc2c(c1)OCO2. The van der Waals surface area contributed by atoms with Crippen molar-refractivity contribution in [2.24, 2.45) is 5.10 Å². The minimum Gasteiger partial charge on any atom is -0.454 e. The Bertz CT molecular complexity index is 719. The van der Waals surface area contributed by atoms with Crippen LogP contribution in [-0.4, -0.2) is 17.5 Å². The molecule has 0 radical (unpaired) electrons. The Morgan fingerprint density at radius 3 is 2.86 bits per heavy atom. The highest BCUT2D eigenvalue weighted by atomic mass is 35.5. The van der Waals surface area contributed by atoms with Gasteiger partial charge in [0.25, 0.3) is 0 Å². The second-order valence-electron chi connectivity index (χ2n) is 4.36. The predicted octanol–water partition coefficient (Wildman–Crippen LogP) is 3.95. The van der Waals surface area contributed by atoms with Crippen LogP contribution in [-0.2, 0) is 0 Å². The molecule has 1 N–H and O–H groups in total. The molecule has 0 spiro atoms. The lowest BCUT2D eigenvalue weighted by Crippen LogP contribution is -2.01. The number of pyridine rings is 1. The van der Waals surface area contributed by atoms with Gasteiger partial charge in [-0.3, -0.25) is 5.43 Å². The first-order valence-corrected chi connectivity index (χ1v) is 6.90. The molecule has 1 aromatic heterocycles. The fourth-order valence-electron chi connectivity index (χ4n) is 1.82. The van der Waals surface area contributed by atoms with Crippen LogP contribution in [0.5, 0.6) is 11.5 Å². The summed E-state index contributed by atoms with van der Waals surface area (Å²) in [7, 11) is 0. The highest BCUT2D eigenvalue weighted by Crippen LogP contribution is 2.32. The molecule has 0 fully saturated rings. The number of rotatable bonds is 3. The highest BCUT2D eigenvalue weighted by Gasteiger charge is 2.14. The maximum atomic E-state index is 6.02. The Hall–Kier alpha value is -1.98. The van der Waals surface area contributed by atoms with Gasteiger partial charge >= 0.3 is 0 Å². The van der Waals surface area contributed by atoms with E-state index in [4.69, 9.17) is 32.7 Å². The van der Waals surface area contributed by atoms with Crippen molar-refractivity contribution in [3.05, 3.63) is 46.1 Å². The standard InChI is InChI=1S/C14H11Cl2N3O2/c1-8(9-2-3-12-13(4-9)21-7-20-12)18-19-14-11(16)5-10(15)6-17-14/h2-6H,7H2,1H3,(H,17,19)/b18-8-. The molecule has 7 heteroatoms. The lowest BCUT2D eigenvalue weighted by atomic mass is 10.1. The van der Waals surface area contributed by atoms with E-state index in [0.717, 1.165) is 17.0 Å². The molecule has 0 bridgehead atoms. The largest absolute Gasteiger partial charge is 0.454 e. The second-order valence-corrected chi connectivity index (χ2v) is 5.20. The molecular weight excluding hydrogens is 313 g/mol. The molecule has 1 aliphatic heterocycles. The van der Waals surface area contributed by atoms with E-state index >= 15 is 0 Å². The van der Waals surface area contributed by atoms with Crippen molar-refractivity contribution in [1.29, 1.82) is 0 Å². The lowest BCUT2D eigenvalue weighted by Gasteiger charge is -2.05. The maximum absolute atomic E-state index is 6.02. The monoisotopic (exact) mass is 323 g/mol. The summed E-state index contributed by atoms with van der Waals surface area (Å²) >= 11 is 11.8. The number of fused-ring (bicyclic) bond motifs is 1. The molecule has 0 saturated carbocycles. The molecule has 0 atom stereocenters. The molecule has 21 heavy (non-hydrogen) atoms. The molecule has 2 aromatic rings. The molecule has 0 unspecified atom stereocenters. The van der Waals surface area contributed by atoms with Crippen molar-refractivity contribution >= 4 is 34.7 Å². The highest BCUT2D eigenvalue weighted by molar-refractivity contribution is 6.35. The third kappa shape index (κ3) is 3.04. The Morgan fingerprint density at radius 1 is 1.24 bits per heavy atom. The Morgan fingerprint density at radius 2 is 2.05 bits per heavy atom. The summed E-state index contributed by atoms with van der Waals surface area (Å²) in [6.07, 6.45) is 1.50. The second kappa shape index (κ2) is 5.79. The smallest absolute Gasteiger partial charge is 0.231 e. The molecule has 0 saturated heterocycles. The van der Waals surface area contributed by atoms with E-state index in [0.29, 0.717) is 21.6 Å². The van der Waals surface area contributed by atoms with Crippen molar-refractivity contribution in [2.45, 2.75) is 6.92 Å². The van der Waals surface area contributed by atoms with Crippen LogP contribution < -0.4 is 14.9 Å². The molecular formula is C14H11Cl2N3O2. The van der Waals surface area contributed by atoms with E-state index in [1.807, 2.05) is 25.1 Å². The molecule has 5 nitrogen and oxygen atoms in total. The van der Waals surface area contributed by atoms with Crippen molar-refractivity contribution in [1.82, 2.24) is 4.98 Å². The van der Waals surface area contributed by atoms with Gasteiger partial charge in [0.1, 0.15) is 0 Å². The number of hydrogen-bond acceptors (Lipinski definition) is 5. The molecule has 0 aliphatic carbocycles. The van der Waals surface area contributed by atoms with Crippen LogP contribution in [0.4, 0.5) is 5.82 Å². The van der Waals surface area contributed by atoms with Gasteiger partial charge in [-0.15, -0.1) is 0 Å². The zero-order valence-corrected chi connectivity index (χ0v) is 12.6. The van der Waals surface area contributed by atoms with Crippen LogP contribution in [0.3, 0.4) is 0 Å². The van der Waals surface area contributed by atoms with E-state index in [2.05, 4.69) is 15.5 Å². The summed E-state index contributed by atoms with van der Waals surface area (Å²) in [5.41, 5.74) is 4.50. The van der Waals surface area contributed by atoms with Crippen LogP contribution in [0.15, 0.2) is 35.6 Å². The van der Waals surface area contributed by atoms with Gasteiger partial charge in [0.2, 0.25) is 6.79 Å². The Kier molecular flexibility index (Phi) is 3.86. The number of benzene rings is 1. The van der Waals surface area contributed by atoms with Gasteiger partial charge in [0.15, 0.2) is 17.3 Å². The number of ether oxygens (including phenoxy) is 2. The van der Waals surface area contributed by atoms with Crippen molar-refractivity contribution in [3.63, 3.8) is 0 Å². The number of anilines is 1. The number of nitrogens with one attached hydrogen (secondary N) is 1. The first-order valence-electron chi connectivity index (χ1n) is 6.15. The normalized spacial score (nSPS) is 13.4. The van der Waals surface area contributed by atoms with Crippen LogP contribution in [0, 0.1) is 0 Å². The zero-order valence-electron chi connectivity index (χ0n) is 11.1. The summed E-state index contributed by atoms with van der Waals surface area (Å²) in [5.74, 6) is 1.90. The van der Waals surface area contributed by atoms with E-state index in [1.54, 1.807) is 6.07 Å². The van der Waals surface area contributed by atoms with Gasteiger partial charge in [-0.05, 0) is 31.2 Å². The van der Waals surface area contributed by atoms with Crippen LogP contribution in [0.25, 0.3) is 0 Å². The van der Waals surface area contributed by atoms with Crippen LogP contribution in [0.1, 0.15) is 12.5 Å². The Labute approximate surface area is 131 Å². The summed E-state index contributed by atoms with van der Waals surface area (Å²) in [6, 6.07) is 7.23. The van der Waals surface area contributed by atoms with E-state index < -0.39 is 0 Å². The fourth-order valence-corrected chi connectivity index (χ4v) is 2.24. The van der Waals surface area contributed by atoms with E-state index in [-0.39, 0.29) is 6.79 Å². The Balaban J connectivity index is 1.79. The van der Waals surface area contributed by atoms with Gasteiger partial charge in [-0.2, -0.15) is 5.10 Å². The van der Waals surface area contributed by atoms with Gasteiger partial charge < -0.3 is 9.47 Å². The minimum absolute atomic E-state index is 0.248. The van der Waals surface area contributed by atoms with Crippen molar-refractivity contribution in [2.75, 3.05) is 12.2 Å². The summed E-state index contributed by atoms with van der Waals surface area (Å²) < 4.78 is 10.6. The van der Waals surface area contributed by atoms with E-state index in [1.165, 1.54) is 6.20 Å². The molecule has 3 rings (SSSR count). The molecule has 1 aromatic carbocycles. The predicted molar refractivity (Wildman–Crippen MR) is 82.7 cm³/mol. The zero-order chi connectivity index (χ0) is 14.8. The quantitative estimate of drug-likeness (QED) is 0.686. The minimum atomic E-state index is 0.248. The number of halogens is 2. The summed E-state index contributed by atoms with van der Waals surface area (Å²) in [5, 5.41) is 5.14. The number of hydrazone groups is 1. The van der Waals surface area contributed by atoms with Crippen molar-refractivity contribution in [3.8, 4) is 11.5 Å². The topological polar surface area (TPSA) is 55.7 Å². The molecule has 0 amide bonds. The number of aromatic nitrogens is 1. The first kappa shape index (κ1) is 14.0.